The molecule has 0 N–H and O–H groups in total. The quantitative estimate of drug-likeness (QED) is 0.508. The van der Waals surface area contributed by atoms with Crippen LogP contribution in [-0.2, 0) is 12.0 Å². The molecule has 2 fully saturated rings. The summed E-state index contributed by atoms with van der Waals surface area (Å²) in [6.45, 7) is 0.190. The Kier molecular flexibility index (Phi) is 2.98. The van der Waals surface area contributed by atoms with Gasteiger partial charge < -0.3 is 4.52 Å². The van der Waals surface area contributed by atoms with Crippen LogP contribution in [-0.4, -0.2) is 24.7 Å². The molecule has 3 aromatic heterocycles. The largest absolute Gasteiger partial charge is 0.337 e. The molecular formula is C22H14ClN5O2. The summed E-state index contributed by atoms with van der Waals surface area (Å²) >= 11 is 6.17. The van der Waals surface area contributed by atoms with E-state index in [1.807, 2.05) is 18.2 Å². The monoisotopic (exact) mass is 415 g/mol. The second kappa shape index (κ2) is 5.43. The van der Waals surface area contributed by atoms with Gasteiger partial charge in [0, 0.05) is 17.1 Å². The lowest BCUT2D eigenvalue weighted by molar-refractivity contribution is 0.363. The van der Waals surface area contributed by atoms with E-state index < -0.39 is 0 Å². The molecule has 0 aliphatic heterocycles. The summed E-state index contributed by atoms with van der Waals surface area (Å²) < 4.78 is 6.98. The molecule has 30 heavy (non-hydrogen) atoms. The zero-order valence-electron chi connectivity index (χ0n) is 15.6. The minimum absolute atomic E-state index is 0.0457. The van der Waals surface area contributed by atoms with E-state index in [1.165, 1.54) is 27.6 Å². The highest BCUT2D eigenvalue weighted by atomic mass is 35.5. The standard InChI is InChI=1S/C22H14ClN5O2/c23-12-4-1-3-11(7-12)14-8-15-18-17(14)22(15,18)21-26-16(30-27-21)9-28-10-25-19-13(20(28)29)5-2-6-24-19/h1-7,10,15,18H,8-9H2/t15-,18-,22-/m1/s1. The topological polar surface area (TPSA) is 86.7 Å². The Morgan fingerprint density at radius 1 is 1.23 bits per heavy atom. The van der Waals surface area contributed by atoms with Crippen LogP contribution in [0.3, 0.4) is 0 Å². The molecule has 0 spiro atoms. The molecule has 146 valence electrons. The fourth-order valence-electron chi connectivity index (χ4n) is 5.30. The Morgan fingerprint density at radius 3 is 3.03 bits per heavy atom. The number of rotatable bonds is 4. The normalized spacial score (nSPS) is 25.6. The molecule has 8 rings (SSSR count). The van der Waals surface area contributed by atoms with Crippen molar-refractivity contribution < 1.29 is 4.52 Å². The van der Waals surface area contributed by atoms with Gasteiger partial charge in [0.05, 0.1) is 10.8 Å². The Balaban J connectivity index is 1.20. The smallest absolute Gasteiger partial charge is 0.263 e. The average molecular weight is 416 g/mol. The van der Waals surface area contributed by atoms with E-state index in [1.54, 1.807) is 18.3 Å². The molecule has 0 amide bonds. The molecule has 0 saturated heterocycles. The first-order chi connectivity index (χ1) is 14.7. The lowest BCUT2D eigenvalue weighted by Crippen LogP contribution is -2.21. The summed E-state index contributed by atoms with van der Waals surface area (Å²) in [7, 11) is 0. The first kappa shape index (κ1) is 16.5. The molecule has 2 saturated carbocycles. The third-order valence-corrected chi connectivity index (χ3v) is 6.94. The number of hydrogen-bond acceptors (Lipinski definition) is 6. The highest BCUT2D eigenvalue weighted by molar-refractivity contribution is 6.30. The minimum Gasteiger partial charge on any atom is -0.337 e. The van der Waals surface area contributed by atoms with Crippen molar-refractivity contribution in [3.63, 3.8) is 0 Å². The number of fused-ring (bicyclic) bond motifs is 2. The zero-order chi connectivity index (χ0) is 20.0. The Hall–Kier alpha value is -3.32. The van der Waals surface area contributed by atoms with Gasteiger partial charge in [0.1, 0.15) is 12.9 Å². The fourth-order valence-corrected chi connectivity index (χ4v) is 5.49. The molecular weight excluding hydrogens is 402 g/mol. The molecule has 3 heterocycles. The van der Waals surface area contributed by atoms with Crippen LogP contribution in [0.4, 0.5) is 0 Å². The Bertz CT molecular complexity index is 1470. The lowest BCUT2D eigenvalue weighted by Gasteiger charge is -2.02. The van der Waals surface area contributed by atoms with Crippen LogP contribution in [0.1, 0.15) is 23.7 Å². The van der Waals surface area contributed by atoms with Crippen molar-refractivity contribution in [2.45, 2.75) is 18.4 Å². The van der Waals surface area contributed by atoms with E-state index in [0.717, 1.165) is 17.3 Å². The van der Waals surface area contributed by atoms with Crippen molar-refractivity contribution >= 4 is 28.2 Å². The van der Waals surface area contributed by atoms with Gasteiger partial charge in [0.25, 0.3) is 5.56 Å². The van der Waals surface area contributed by atoms with E-state index in [2.05, 4.69) is 26.2 Å². The van der Waals surface area contributed by atoms with Gasteiger partial charge in [-0.25, -0.2) is 9.97 Å². The summed E-state index contributed by atoms with van der Waals surface area (Å²) in [6.07, 6.45) is 4.12. The van der Waals surface area contributed by atoms with Crippen molar-refractivity contribution in [2.24, 2.45) is 11.8 Å². The van der Waals surface area contributed by atoms with Crippen molar-refractivity contribution in [3.05, 3.63) is 87.2 Å². The van der Waals surface area contributed by atoms with Gasteiger partial charge in [0.15, 0.2) is 11.5 Å². The Morgan fingerprint density at radius 2 is 2.17 bits per heavy atom. The van der Waals surface area contributed by atoms with Crippen LogP contribution in [0.25, 0.3) is 16.6 Å². The van der Waals surface area contributed by atoms with Crippen LogP contribution in [0.2, 0.25) is 5.02 Å². The summed E-state index contributed by atoms with van der Waals surface area (Å²) in [5.41, 5.74) is 4.21. The molecule has 4 aliphatic rings. The average Bonchev–Trinajstić information content (AvgIpc) is 3.31. The predicted octanol–water partition coefficient (Wildman–Crippen LogP) is 3.23. The van der Waals surface area contributed by atoms with Gasteiger partial charge in [0.2, 0.25) is 5.89 Å². The van der Waals surface area contributed by atoms with E-state index in [-0.39, 0.29) is 17.5 Å². The molecule has 7 nitrogen and oxygen atoms in total. The van der Waals surface area contributed by atoms with E-state index in [4.69, 9.17) is 16.1 Å². The maximum absolute atomic E-state index is 12.7. The maximum atomic E-state index is 12.7. The number of hydrogen-bond donors (Lipinski definition) is 0. The van der Waals surface area contributed by atoms with Crippen LogP contribution >= 0.6 is 11.6 Å². The predicted molar refractivity (Wildman–Crippen MR) is 109 cm³/mol. The number of pyridine rings is 1. The van der Waals surface area contributed by atoms with Gasteiger partial charge >= 0.3 is 0 Å². The first-order valence-electron chi connectivity index (χ1n) is 9.80. The number of benzene rings is 1. The lowest BCUT2D eigenvalue weighted by atomic mass is 10.1. The van der Waals surface area contributed by atoms with Crippen LogP contribution in [0, 0.1) is 11.8 Å². The number of nitrogens with zero attached hydrogens (tertiary/aromatic N) is 5. The SMILES string of the molecule is O=c1c2cccnc2ncn1Cc1nc([C@@]23C4=C(c5cccc(Cl)c5)C[C@@H]2[C@H]43)no1. The van der Waals surface area contributed by atoms with Crippen LogP contribution < -0.4 is 5.56 Å². The van der Waals surface area contributed by atoms with Crippen LogP contribution in [0.15, 0.2) is 63.8 Å². The minimum atomic E-state index is -0.173. The Labute approximate surface area is 175 Å². The highest BCUT2D eigenvalue weighted by Crippen LogP contribution is 2.90. The van der Waals surface area contributed by atoms with Crippen LogP contribution in [0.5, 0.6) is 0 Å². The highest BCUT2D eigenvalue weighted by Gasteiger charge is 2.89. The second-order valence-electron chi connectivity index (χ2n) is 8.12. The zero-order valence-corrected chi connectivity index (χ0v) is 16.4. The van der Waals surface area contributed by atoms with Crippen molar-refractivity contribution in [2.75, 3.05) is 0 Å². The molecule has 0 radical (unpaired) electrons. The van der Waals surface area contributed by atoms with Gasteiger partial charge in [-0.2, -0.15) is 4.98 Å². The number of allylic oxidation sites excluding steroid dienone is 2. The number of aromatic nitrogens is 5. The van der Waals surface area contributed by atoms with Crippen molar-refractivity contribution in [1.29, 1.82) is 0 Å². The van der Waals surface area contributed by atoms with Gasteiger partial charge in [-0.3, -0.25) is 9.36 Å². The summed E-state index contributed by atoms with van der Waals surface area (Å²) in [6, 6.07) is 11.4. The number of halogens is 1. The third-order valence-electron chi connectivity index (χ3n) is 6.71. The maximum Gasteiger partial charge on any atom is 0.263 e. The van der Waals surface area contributed by atoms with Crippen molar-refractivity contribution in [1.82, 2.24) is 24.7 Å². The third kappa shape index (κ3) is 1.98. The summed E-state index contributed by atoms with van der Waals surface area (Å²) in [5, 5.41) is 5.49. The van der Waals surface area contributed by atoms with Crippen molar-refractivity contribution in [3.8, 4) is 0 Å². The summed E-state index contributed by atoms with van der Waals surface area (Å²) in [5.74, 6) is 2.24. The molecule has 1 aromatic carbocycles. The second-order valence-corrected chi connectivity index (χ2v) is 8.56. The van der Waals surface area contributed by atoms with E-state index in [0.29, 0.717) is 28.8 Å². The van der Waals surface area contributed by atoms with Gasteiger partial charge in [-0.05, 0) is 53.3 Å². The van der Waals surface area contributed by atoms with E-state index in [9.17, 15) is 4.79 Å². The van der Waals surface area contributed by atoms with Gasteiger partial charge in [-0.15, -0.1) is 0 Å². The molecule has 0 unspecified atom stereocenters. The van der Waals surface area contributed by atoms with E-state index >= 15 is 0 Å². The molecule has 4 aliphatic carbocycles. The molecule has 8 heteroatoms. The fraction of sp³-hybridized carbons (Fsp3) is 0.227. The molecule has 2 bridgehead atoms. The van der Waals surface area contributed by atoms with Gasteiger partial charge in [-0.1, -0.05) is 28.9 Å². The summed E-state index contributed by atoms with van der Waals surface area (Å²) in [4.78, 5) is 25.7. The molecule has 3 atom stereocenters. The first-order valence-corrected chi connectivity index (χ1v) is 10.2. The molecule has 4 aromatic rings.